The lowest BCUT2D eigenvalue weighted by Crippen LogP contribution is -2.51. The highest BCUT2D eigenvalue weighted by molar-refractivity contribution is 6.43. The van der Waals surface area contributed by atoms with Gasteiger partial charge >= 0.3 is 6.18 Å². The molecule has 2 heterocycles. The molecule has 3 N–H and O–H groups in total. The van der Waals surface area contributed by atoms with Crippen molar-refractivity contribution in [2.24, 2.45) is 0 Å². The predicted octanol–water partition coefficient (Wildman–Crippen LogP) is 2.47. The van der Waals surface area contributed by atoms with Gasteiger partial charge in [0.2, 0.25) is 5.95 Å². The average Bonchev–Trinajstić information content (AvgIpc) is 2.64. The van der Waals surface area contributed by atoms with Crippen LogP contribution in [0, 0.1) is 0 Å². The van der Waals surface area contributed by atoms with Crippen LogP contribution in [0.3, 0.4) is 0 Å². The molecule has 0 saturated carbocycles. The molecule has 1 saturated heterocycles. The maximum atomic E-state index is 12.5. The Morgan fingerprint density at radius 3 is 2.43 bits per heavy atom. The van der Waals surface area contributed by atoms with E-state index in [-0.39, 0.29) is 16.8 Å². The van der Waals surface area contributed by atoms with Crippen molar-refractivity contribution in [3.63, 3.8) is 0 Å². The van der Waals surface area contributed by atoms with Crippen LogP contribution >= 0.6 is 23.2 Å². The van der Waals surface area contributed by atoms with Gasteiger partial charge in [-0.2, -0.15) is 18.2 Å². The van der Waals surface area contributed by atoms with Crippen LogP contribution in [0.25, 0.3) is 11.3 Å². The first kappa shape index (κ1) is 20.8. The Bertz CT molecular complexity index is 846. The molecular weight excluding hydrogens is 420 g/mol. The van der Waals surface area contributed by atoms with Crippen molar-refractivity contribution in [2.45, 2.75) is 12.3 Å². The molecule has 1 atom stereocenters. The van der Waals surface area contributed by atoms with E-state index in [1.807, 2.05) is 0 Å². The number of nitrogen functional groups attached to an aromatic ring is 1. The summed E-state index contributed by atoms with van der Waals surface area (Å²) in [6, 6.07) is 5.03. The van der Waals surface area contributed by atoms with Crippen LogP contribution in [0.5, 0.6) is 0 Å². The molecule has 0 radical (unpaired) electrons. The minimum Gasteiger partial charge on any atom is -0.382 e. The molecule has 1 aliphatic rings. The van der Waals surface area contributed by atoms with Gasteiger partial charge in [0.25, 0.3) is 0 Å². The van der Waals surface area contributed by atoms with Crippen LogP contribution in [-0.2, 0) is 0 Å². The molecule has 1 fully saturated rings. The zero-order valence-corrected chi connectivity index (χ0v) is 16.0. The largest absolute Gasteiger partial charge is 0.415 e. The fraction of sp³-hybridized carbons (Fsp3) is 0.438. The van der Waals surface area contributed by atoms with E-state index in [1.54, 1.807) is 23.1 Å². The number of aliphatic hydroxyl groups is 1. The molecular formula is C16H17Cl2F3N6O. The minimum atomic E-state index is -4.63. The summed E-state index contributed by atoms with van der Waals surface area (Å²) in [6.45, 7) is 0.924. The van der Waals surface area contributed by atoms with Gasteiger partial charge in [0, 0.05) is 38.3 Å². The van der Waals surface area contributed by atoms with Crippen molar-refractivity contribution < 1.29 is 18.3 Å². The van der Waals surface area contributed by atoms with E-state index in [0.717, 1.165) is 0 Å². The second-order valence-corrected chi connectivity index (χ2v) is 7.08. The Morgan fingerprint density at radius 2 is 1.82 bits per heavy atom. The molecule has 152 valence electrons. The molecule has 7 nitrogen and oxygen atoms in total. The van der Waals surface area contributed by atoms with Crippen molar-refractivity contribution >= 4 is 35.0 Å². The van der Waals surface area contributed by atoms with Crippen LogP contribution in [0.15, 0.2) is 18.2 Å². The molecule has 0 aliphatic carbocycles. The molecule has 2 aromatic rings. The normalized spacial score (nSPS) is 17.0. The highest BCUT2D eigenvalue weighted by Crippen LogP contribution is 2.34. The molecule has 0 amide bonds. The van der Waals surface area contributed by atoms with Gasteiger partial charge in [-0.3, -0.25) is 4.90 Å². The summed E-state index contributed by atoms with van der Waals surface area (Å²) in [7, 11) is 0. The molecule has 12 heteroatoms. The van der Waals surface area contributed by atoms with E-state index in [4.69, 9.17) is 28.9 Å². The maximum absolute atomic E-state index is 12.5. The topological polar surface area (TPSA) is 91.4 Å². The molecule has 1 aromatic carbocycles. The van der Waals surface area contributed by atoms with Gasteiger partial charge in [0.1, 0.15) is 5.69 Å². The molecule has 3 rings (SSSR count). The van der Waals surface area contributed by atoms with Crippen molar-refractivity contribution in [3.05, 3.63) is 28.2 Å². The Kier molecular flexibility index (Phi) is 6.13. The van der Waals surface area contributed by atoms with Crippen LogP contribution in [0.4, 0.5) is 24.9 Å². The van der Waals surface area contributed by atoms with Gasteiger partial charge < -0.3 is 15.7 Å². The summed E-state index contributed by atoms with van der Waals surface area (Å²) in [5.74, 6) is 0.388. The third-order valence-corrected chi connectivity index (χ3v) is 5.19. The van der Waals surface area contributed by atoms with E-state index in [0.29, 0.717) is 42.5 Å². The smallest absolute Gasteiger partial charge is 0.382 e. The van der Waals surface area contributed by atoms with Gasteiger partial charge in [-0.05, 0) is 6.07 Å². The monoisotopic (exact) mass is 436 g/mol. The lowest BCUT2D eigenvalue weighted by atomic mass is 10.1. The first-order chi connectivity index (χ1) is 13.2. The summed E-state index contributed by atoms with van der Waals surface area (Å²) in [4.78, 5) is 7.55. The predicted molar refractivity (Wildman–Crippen MR) is 100 cm³/mol. The molecule has 1 aromatic heterocycles. The number of halogens is 5. The number of aliphatic hydroxyl groups excluding tert-OH is 1. The zero-order chi connectivity index (χ0) is 20.5. The molecule has 0 unspecified atom stereocenters. The fourth-order valence-electron chi connectivity index (χ4n) is 2.82. The summed E-state index contributed by atoms with van der Waals surface area (Å²) < 4.78 is 37.4. The lowest BCUT2D eigenvalue weighted by molar-refractivity contribution is -0.208. The summed E-state index contributed by atoms with van der Waals surface area (Å²) in [6.07, 6.45) is -7.00. The number of hydrogen-bond donors (Lipinski definition) is 2. The molecule has 1 aliphatic heterocycles. The van der Waals surface area contributed by atoms with Crippen molar-refractivity contribution in [2.75, 3.05) is 43.4 Å². The second kappa shape index (κ2) is 8.24. The highest BCUT2D eigenvalue weighted by Gasteiger charge is 2.39. The Hall–Kier alpha value is -1.88. The minimum absolute atomic E-state index is 0.115. The Morgan fingerprint density at radius 1 is 1.14 bits per heavy atom. The maximum Gasteiger partial charge on any atom is 0.415 e. The standard InChI is InChI=1S/C16H17Cl2F3N6O/c17-10-3-1-2-9(12(10)18)13-14(22)23-15(25-24-13)27-6-4-26(5-7-27)8-11(28)16(19,20)21/h1-3,11,28H,4-8H2,(H2,22,23,25)/t11-/m0/s1. The van der Waals surface area contributed by atoms with E-state index >= 15 is 0 Å². The van der Waals surface area contributed by atoms with E-state index in [1.165, 1.54) is 4.90 Å². The number of piperazine rings is 1. The van der Waals surface area contributed by atoms with Crippen molar-refractivity contribution in [3.8, 4) is 11.3 Å². The summed E-state index contributed by atoms with van der Waals surface area (Å²) in [5.41, 5.74) is 6.81. The lowest BCUT2D eigenvalue weighted by Gasteiger charge is -2.35. The van der Waals surface area contributed by atoms with Crippen LogP contribution in [-0.4, -0.2) is 70.2 Å². The fourth-order valence-corrected chi connectivity index (χ4v) is 3.21. The number of nitrogens with two attached hydrogens (primary N) is 1. The SMILES string of the molecule is Nc1nc(N2CCN(C[C@H](O)C(F)(F)F)CC2)nnc1-c1cccc(Cl)c1Cl. The summed E-state index contributed by atoms with van der Waals surface area (Å²) in [5, 5.41) is 18.0. The first-order valence-electron chi connectivity index (χ1n) is 8.33. The quantitative estimate of drug-likeness (QED) is 0.760. The van der Waals surface area contributed by atoms with E-state index < -0.39 is 18.8 Å². The van der Waals surface area contributed by atoms with Crippen LogP contribution in [0.2, 0.25) is 10.0 Å². The van der Waals surface area contributed by atoms with Gasteiger partial charge in [-0.1, -0.05) is 35.3 Å². The third kappa shape index (κ3) is 4.57. The van der Waals surface area contributed by atoms with Gasteiger partial charge in [0.15, 0.2) is 11.9 Å². The Balaban J connectivity index is 1.68. The van der Waals surface area contributed by atoms with Gasteiger partial charge in [-0.25, -0.2) is 0 Å². The Labute approximate surface area is 168 Å². The van der Waals surface area contributed by atoms with Crippen molar-refractivity contribution in [1.82, 2.24) is 20.1 Å². The molecule has 0 spiro atoms. The van der Waals surface area contributed by atoms with Crippen LogP contribution < -0.4 is 10.6 Å². The summed E-state index contributed by atoms with van der Waals surface area (Å²) >= 11 is 12.2. The number of anilines is 2. The second-order valence-electron chi connectivity index (χ2n) is 6.29. The number of benzene rings is 1. The third-order valence-electron chi connectivity index (χ3n) is 4.37. The number of rotatable bonds is 4. The average molecular weight is 437 g/mol. The van der Waals surface area contributed by atoms with Gasteiger partial charge in [-0.15, -0.1) is 10.2 Å². The first-order valence-corrected chi connectivity index (χ1v) is 9.09. The number of hydrogen-bond acceptors (Lipinski definition) is 7. The number of aromatic nitrogens is 3. The van der Waals surface area contributed by atoms with Gasteiger partial charge in [0.05, 0.1) is 10.0 Å². The number of nitrogens with zero attached hydrogens (tertiary/aromatic N) is 5. The molecule has 28 heavy (non-hydrogen) atoms. The molecule has 0 bridgehead atoms. The number of β-amino-alcohol motifs (C(OH)–C–C–N with tert-alkyl or cyclic N) is 1. The van der Waals surface area contributed by atoms with E-state index in [2.05, 4.69) is 15.2 Å². The zero-order valence-electron chi connectivity index (χ0n) is 14.5. The number of alkyl halides is 3. The van der Waals surface area contributed by atoms with Crippen molar-refractivity contribution in [1.29, 1.82) is 0 Å². The van der Waals surface area contributed by atoms with E-state index in [9.17, 15) is 18.3 Å². The highest BCUT2D eigenvalue weighted by atomic mass is 35.5. The van der Waals surface area contributed by atoms with Crippen LogP contribution in [0.1, 0.15) is 0 Å².